The highest BCUT2D eigenvalue weighted by atomic mass is 35.5. The molecule has 1 aromatic carbocycles. The number of benzene rings is 1. The van der Waals surface area contributed by atoms with E-state index < -0.39 is 23.6 Å². The lowest BCUT2D eigenvalue weighted by Crippen LogP contribution is -2.28. The van der Waals surface area contributed by atoms with Crippen LogP contribution in [0.5, 0.6) is 5.75 Å². The van der Waals surface area contributed by atoms with Crippen LogP contribution in [0.4, 0.5) is 17.6 Å². The van der Waals surface area contributed by atoms with Crippen molar-refractivity contribution in [3.8, 4) is 5.75 Å². The average Bonchev–Trinajstić information content (AvgIpc) is 2.20. The molecule has 1 rings (SSSR count). The lowest BCUT2D eigenvalue weighted by molar-refractivity contribution is -0.149. The number of nitrogens with two attached hydrogens (primary N) is 1. The van der Waals surface area contributed by atoms with Crippen molar-refractivity contribution in [1.82, 2.24) is 0 Å². The summed E-state index contributed by atoms with van der Waals surface area (Å²) in [6.07, 6.45) is -4.65. The minimum atomic E-state index is -4.65. The predicted octanol–water partition coefficient (Wildman–Crippen LogP) is 3.86. The topological polar surface area (TPSA) is 35.2 Å². The van der Waals surface area contributed by atoms with E-state index in [9.17, 15) is 17.6 Å². The van der Waals surface area contributed by atoms with Gasteiger partial charge in [0.2, 0.25) is 0 Å². The fraction of sp³-hybridized carbons (Fsp3) is 0.400. The first-order chi connectivity index (χ1) is 7.77. The SMILES string of the molecule is CCOc1c(F)cc([C@@H](N)C(F)(F)F)cc1Cl.Cl. The Hall–Kier alpha value is -0.720. The van der Waals surface area contributed by atoms with Gasteiger partial charge in [0.15, 0.2) is 11.6 Å². The highest BCUT2D eigenvalue weighted by Crippen LogP contribution is 2.36. The minimum Gasteiger partial charge on any atom is -0.489 e. The van der Waals surface area contributed by atoms with Crippen molar-refractivity contribution in [3.63, 3.8) is 0 Å². The van der Waals surface area contributed by atoms with Crippen molar-refractivity contribution in [2.24, 2.45) is 5.73 Å². The molecule has 0 heterocycles. The molecule has 0 bridgehead atoms. The molecule has 0 aromatic heterocycles. The molecule has 0 aliphatic heterocycles. The van der Waals surface area contributed by atoms with Crippen LogP contribution in [-0.2, 0) is 0 Å². The van der Waals surface area contributed by atoms with E-state index in [0.29, 0.717) is 6.07 Å². The molecular formula is C10H11Cl2F4NO. The molecule has 0 amide bonds. The normalized spacial score (nSPS) is 12.8. The smallest absolute Gasteiger partial charge is 0.407 e. The maximum absolute atomic E-state index is 13.4. The number of alkyl halides is 3. The van der Waals surface area contributed by atoms with E-state index in [1.165, 1.54) is 0 Å². The van der Waals surface area contributed by atoms with Gasteiger partial charge in [-0.05, 0) is 24.6 Å². The molecule has 0 aliphatic rings. The summed E-state index contributed by atoms with van der Waals surface area (Å²) in [4.78, 5) is 0. The fourth-order valence-electron chi connectivity index (χ4n) is 1.23. The van der Waals surface area contributed by atoms with Gasteiger partial charge in [0.05, 0.1) is 11.6 Å². The van der Waals surface area contributed by atoms with E-state index in [1.807, 2.05) is 0 Å². The molecule has 1 atom stereocenters. The third kappa shape index (κ3) is 3.90. The van der Waals surface area contributed by atoms with Gasteiger partial charge in [0, 0.05) is 0 Å². The fourth-order valence-corrected chi connectivity index (χ4v) is 1.50. The summed E-state index contributed by atoms with van der Waals surface area (Å²) >= 11 is 5.62. The van der Waals surface area contributed by atoms with E-state index in [-0.39, 0.29) is 29.8 Å². The number of rotatable bonds is 3. The second-order valence-corrected chi connectivity index (χ2v) is 3.67. The zero-order chi connectivity index (χ0) is 13.2. The molecule has 104 valence electrons. The molecule has 0 unspecified atom stereocenters. The van der Waals surface area contributed by atoms with E-state index >= 15 is 0 Å². The summed E-state index contributed by atoms with van der Waals surface area (Å²) < 4.78 is 55.2. The molecule has 0 saturated heterocycles. The molecular weight excluding hydrogens is 297 g/mol. The largest absolute Gasteiger partial charge is 0.489 e. The summed E-state index contributed by atoms with van der Waals surface area (Å²) in [7, 11) is 0. The highest BCUT2D eigenvalue weighted by molar-refractivity contribution is 6.32. The van der Waals surface area contributed by atoms with E-state index in [4.69, 9.17) is 22.1 Å². The number of ether oxygens (including phenoxy) is 1. The number of halogens is 6. The zero-order valence-electron chi connectivity index (χ0n) is 9.22. The second-order valence-electron chi connectivity index (χ2n) is 3.27. The Labute approximate surface area is 112 Å². The standard InChI is InChI=1S/C10H10ClF4NO.ClH/c1-2-17-8-6(11)3-5(4-7(8)12)9(16)10(13,14)15;/h3-4,9H,2,16H2,1H3;1H/t9-;/m1./s1. The third-order valence-electron chi connectivity index (χ3n) is 2.02. The van der Waals surface area contributed by atoms with Gasteiger partial charge in [-0.3, -0.25) is 0 Å². The molecule has 0 spiro atoms. The van der Waals surface area contributed by atoms with Crippen molar-refractivity contribution in [3.05, 3.63) is 28.5 Å². The van der Waals surface area contributed by atoms with Crippen LogP contribution in [0, 0.1) is 5.82 Å². The molecule has 0 radical (unpaired) electrons. The summed E-state index contributed by atoms with van der Waals surface area (Å²) in [6.45, 7) is 1.76. The molecule has 2 nitrogen and oxygen atoms in total. The van der Waals surface area contributed by atoms with Crippen LogP contribution in [0.1, 0.15) is 18.5 Å². The lowest BCUT2D eigenvalue weighted by atomic mass is 10.1. The Bertz CT molecular complexity index is 388. The monoisotopic (exact) mass is 307 g/mol. The van der Waals surface area contributed by atoms with Crippen LogP contribution < -0.4 is 10.5 Å². The van der Waals surface area contributed by atoms with Crippen LogP contribution in [0.15, 0.2) is 12.1 Å². The van der Waals surface area contributed by atoms with Gasteiger partial charge >= 0.3 is 6.18 Å². The summed E-state index contributed by atoms with van der Waals surface area (Å²) in [6, 6.07) is -0.645. The van der Waals surface area contributed by atoms with Crippen LogP contribution in [0.25, 0.3) is 0 Å². The van der Waals surface area contributed by atoms with Crippen molar-refractivity contribution >= 4 is 24.0 Å². The van der Waals surface area contributed by atoms with Crippen molar-refractivity contribution in [1.29, 1.82) is 0 Å². The maximum Gasteiger partial charge on any atom is 0.407 e. The number of hydrogen-bond donors (Lipinski definition) is 1. The van der Waals surface area contributed by atoms with Gasteiger partial charge in [-0.15, -0.1) is 12.4 Å². The van der Waals surface area contributed by atoms with Crippen LogP contribution in [0.3, 0.4) is 0 Å². The molecule has 0 fully saturated rings. The second kappa shape index (κ2) is 6.45. The Morgan fingerprint density at radius 3 is 2.33 bits per heavy atom. The van der Waals surface area contributed by atoms with Gasteiger partial charge in [-0.25, -0.2) is 4.39 Å². The Morgan fingerprint density at radius 1 is 1.39 bits per heavy atom. The highest BCUT2D eigenvalue weighted by Gasteiger charge is 2.38. The van der Waals surface area contributed by atoms with Crippen LogP contribution in [0.2, 0.25) is 5.02 Å². The minimum absolute atomic E-state index is 0. The maximum atomic E-state index is 13.4. The van der Waals surface area contributed by atoms with Crippen molar-refractivity contribution < 1.29 is 22.3 Å². The van der Waals surface area contributed by atoms with Crippen LogP contribution >= 0.6 is 24.0 Å². The van der Waals surface area contributed by atoms with Gasteiger partial charge < -0.3 is 10.5 Å². The van der Waals surface area contributed by atoms with E-state index in [2.05, 4.69) is 0 Å². The Balaban J connectivity index is 0.00000289. The molecule has 1 aromatic rings. The van der Waals surface area contributed by atoms with Crippen molar-refractivity contribution in [2.75, 3.05) is 6.61 Å². The van der Waals surface area contributed by atoms with Gasteiger partial charge in [-0.1, -0.05) is 11.6 Å². The number of hydrogen-bond acceptors (Lipinski definition) is 2. The predicted molar refractivity (Wildman–Crippen MR) is 62.8 cm³/mol. The van der Waals surface area contributed by atoms with Gasteiger partial charge in [0.25, 0.3) is 0 Å². The molecule has 8 heteroatoms. The zero-order valence-corrected chi connectivity index (χ0v) is 10.8. The first-order valence-electron chi connectivity index (χ1n) is 4.71. The van der Waals surface area contributed by atoms with Gasteiger partial charge in [0.1, 0.15) is 6.04 Å². The first kappa shape index (κ1) is 17.3. The van der Waals surface area contributed by atoms with E-state index in [1.54, 1.807) is 6.92 Å². The summed E-state index contributed by atoms with van der Waals surface area (Å²) in [5.74, 6) is -1.23. The summed E-state index contributed by atoms with van der Waals surface area (Å²) in [5.41, 5.74) is 4.50. The summed E-state index contributed by atoms with van der Waals surface area (Å²) in [5, 5.41) is -0.235. The Kier molecular flexibility index (Phi) is 6.19. The lowest BCUT2D eigenvalue weighted by Gasteiger charge is -2.17. The molecule has 0 saturated carbocycles. The average molecular weight is 308 g/mol. The molecule has 2 N–H and O–H groups in total. The molecule has 18 heavy (non-hydrogen) atoms. The first-order valence-corrected chi connectivity index (χ1v) is 5.09. The van der Waals surface area contributed by atoms with E-state index in [0.717, 1.165) is 6.07 Å². The third-order valence-corrected chi connectivity index (χ3v) is 2.30. The quantitative estimate of drug-likeness (QED) is 0.861. The Morgan fingerprint density at radius 2 is 1.94 bits per heavy atom. The van der Waals surface area contributed by atoms with Crippen molar-refractivity contribution in [2.45, 2.75) is 19.1 Å². The van der Waals surface area contributed by atoms with Crippen LogP contribution in [-0.4, -0.2) is 12.8 Å². The van der Waals surface area contributed by atoms with Gasteiger partial charge in [-0.2, -0.15) is 13.2 Å². The molecule has 0 aliphatic carbocycles.